The molecule has 0 saturated heterocycles. The van der Waals surface area contributed by atoms with Crippen molar-refractivity contribution < 1.29 is 4.74 Å². The van der Waals surface area contributed by atoms with Crippen LogP contribution in [0.15, 0.2) is 0 Å². The van der Waals surface area contributed by atoms with Gasteiger partial charge in [-0.25, -0.2) is 0 Å². The molecule has 2 heteroatoms. The van der Waals surface area contributed by atoms with Gasteiger partial charge in [0.05, 0.1) is 6.10 Å². The molecule has 0 aromatic heterocycles. The van der Waals surface area contributed by atoms with Crippen LogP contribution in [0.3, 0.4) is 0 Å². The Labute approximate surface area is 74.5 Å². The smallest absolute Gasteiger partial charge is 0.0721 e. The van der Waals surface area contributed by atoms with E-state index in [1.54, 1.807) is 7.11 Å². The van der Waals surface area contributed by atoms with Crippen LogP contribution in [0.2, 0.25) is 0 Å². The third-order valence-corrected chi connectivity index (χ3v) is 3.64. The minimum Gasteiger partial charge on any atom is -0.380 e. The van der Waals surface area contributed by atoms with Crippen molar-refractivity contribution in [3.63, 3.8) is 0 Å². The normalized spacial score (nSPS) is 42.0. The van der Waals surface area contributed by atoms with Crippen molar-refractivity contribution in [3.05, 3.63) is 0 Å². The van der Waals surface area contributed by atoms with Crippen molar-refractivity contribution in [2.75, 3.05) is 13.7 Å². The van der Waals surface area contributed by atoms with E-state index < -0.39 is 0 Å². The van der Waals surface area contributed by atoms with Gasteiger partial charge in [0, 0.05) is 13.7 Å². The molecule has 0 aromatic carbocycles. The zero-order valence-corrected chi connectivity index (χ0v) is 7.83. The summed E-state index contributed by atoms with van der Waals surface area (Å²) in [4.78, 5) is 0. The topological polar surface area (TPSA) is 35.2 Å². The van der Waals surface area contributed by atoms with E-state index in [0.717, 1.165) is 17.8 Å². The predicted molar refractivity (Wildman–Crippen MR) is 48.8 cm³/mol. The second kappa shape index (κ2) is 3.35. The lowest BCUT2D eigenvalue weighted by Crippen LogP contribution is -2.32. The first-order valence-electron chi connectivity index (χ1n) is 5.08. The number of ether oxygens (including phenoxy) is 1. The van der Waals surface area contributed by atoms with Crippen molar-refractivity contribution >= 4 is 0 Å². The summed E-state index contributed by atoms with van der Waals surface area (Å²) >= 11 is 0. The molecular weight excluding hydrogens is 150 g/mol. The number of rotatable bonds is 3. The third kappa shape index (κ3) is 1.50. The first kappa shape index (κ1) is 8.52. The quantitative estimate of drug-likeness (QED) is 0.693. The van der Waals surface area contributed by atoms with Crippen LogP contribution in [0, 0.1) is 17.8 Å². The lowest BCUT2D eigenvalue weighted by molar-refractivity contribution is 0.0413. The molecule has 4 atom stereocenters. The summed E-state index contributed by atoms with van der Waals surface area (Å²) in [6.07, 6.45) is 5.95. The van der Waals surface area contributed by atoms with Gasteiger partial charge in [0.15, 0.2) is 0 Å². The molecule has 0 aliphatic heterocycles. The van der Waals surface area contributed by atoms with Crippen LogP contribution < -0.4 is 5.73 Å². The van der Waals surface area contributed by atoms with E-state index in [1.807, 2.05) is 0 Å². The number of methoxy groups -OCH3 is 1. The molecule has 0 spiro atoms. The molecule has 2 aliphatic rings. The fourth-order valence-corrected chi connectivity index (χ4v) is 2.71. The summed E-state index contributed by atoms with van der Waals surface area (Å²) in [5, 5.41) is 0. The molecule has 2 aliphatic carbocycles. The largest absolute Gasteiger partial charge is 0.380 e. The SMILES string of the molecule is COC(CN)C1CCC2CC2C1. The monoisotopic (exact) mass is 169 g/mol. The molecule has 70 valence electrons. The summed E-state index contributed by atoms with van der Waals surface area (Å²) in [6, 6.07) is 0. The molecule has 0 aromatic rings. The second-order valence-corrected chi connectivity index (χ2v) is 4.34. The summed E-state index contributed by atoms with van der Waals surface area (Å²) in [7, 11) is 1.79. The molecular formula is C10H19NO. The summed E-state index contributed by atoms with van der Waals surface area (Å²) in [5.41, 5.74) is 5.65. The Morgan fingerprint density at radius 1 is 1.33 bits per heavy atom. The van der Waals surface area contributed by atoms with Gasteiger partial charge in [0.25, 0.3) is 0 Å². The molecule has 2 N–H and O–H groups in total. The maximum Gasteiger partial charge on any atom is 0.0721 e. The molecule has 2 saturated carbocycles. The third-order valence-electron chi connectivity index (χ3n) is 3.64. The number of hydrogen-bond acceptors (Lipinski definition) is 2. The van der Waals surface area contributed by atoms with Gasteiger partial charge in [0.1, 0.15) is 0 Å². The Morgan fingerprint density at radius 2 is 2.17 bits per heavy atom. The molecule has 4 unspecified atom stereocenters. The lowest BCUT2D eigenvalue weighted by Gasteiger charge is -2.27. The molecule has 2 rings (SSSR count). The second-order valence-electron chi connectivity index (χ2n) is 4.34. The van der Waals surface area contributed by atoms with E-state index in [2.05, 4.69) is 0 Å². The van der Waals surface area contributed by atoms with E-state index in [-0.39, 0.29) is 0 Å². The highest BCUT2D eigenvalue weighted by atomic mass is 16.5. The number of hydrogen-bond donors (Lipinski definition) is 1. The van der Waals surface area contributed by atoms with Gasteiger partial charge in [-0.2, -0.15) is 0 Å². The van der Waals surface area contributed by atoms with Crippen LogP contribution in [0.5, 0.6) is 0 Å². The van der Waals surface area contributed by atoms with Crippen LogP contribution in [-0.4, -0.2) is 19.8 Å². The maximum atomic E-state index is 5.65. The first-order chi connectivity index (χ1) is 5.85. The van der Waals surface area contributed by atoms with Gasteiger partial charge >= 0.3 is 0 Å². The average Bonchev–Trinajstić information content (AvgIpc) is 2.84. The van der Waals surface area contributed by atoms with Crippen LogP contribution in [0.1, 0.15) is 25.7 Å². The highest BCUT2D eigenvalue weighted by molar-refractivity contribution is 4.94. The fraction of sp³-hybridized carbons (Fsp3) is 1.00. The zero-order chi connectivity index (χ0) is 8.55. The molecule has 0 heterocycles. The summed E-state index contributed by atoms with van der Waals surface area (Å²) in [5.74, 6) is 2.87. The highest BCUT2D eigenvalue weighted by Gasteiger charge is 2.43. The van der Waals surface area contributed by atoms with Gasteiger partial charge in [-0.1, -0.05) is 0 Å². The summed E-state index contributed by atoms with van der Waals surface area (Å²) in [6.45, 7) is 0.693. The number of fused-ring (bicyclic) bond motifs is 1. The Hall–Kier alpha value is -0.0800. The highest BCUT2D eigenvalue weighted by Crippen LogP contribution is 2.52. The Balaban J connectivity index is 1.85. The van der Waals surface area contributed by atoms with Crippen molar-refractivity contribution in [1.29, 1.82) is 0 Å². The molecule has 2 fully saturated rings. The van der Waals surface area contributed by atoms with Gasteiger partial charge in [-0.3, -0.25) is 0 Å². The molecule has 0 amide bonds. The summed E-state index contributed by atoms with van der Waals surface area (Å²) < 4.78 is 5.38. The molecule has 0 bridgehead atoms. The predicted octanol–water partition coefficient (Wildman–Crippen LogP) is 1.40. The minimum absolute atomic E-state index is 0.326. The van der Waals surface area contributed by atoms with Crippen LogP contribution in [-0.2, 0) is 4.74 Å². The number of nitrogens with two attached hydrogens (primary N) is 1. The van der Waals surface area contributed by atoms with E-state index in [0.29, 0.717) is 12.6 Å². The Bertz CT molecular complexity index is 156. The Kier molecular flexibility index (Phi) is 2.37. The fourth-order valence-electron chi connectivity index (χ4n) is 2.71. The van der Waals surface area contributed by atoms with Gasteiger partial charge in [-0.15, -0.1) is 0 Å². The standard InChI is InChI=1S/C10H19NO/c1-12-10(6-11)8-3-2-7-4-9(7)5-8/h7-10H,2-6,11H2,1H3. The van der Waals surface area contributed by atoms with Gasteiger partial charge < -0.3 is 10.5 Å². The van der Waals surface area contributed by atoms with Crippen molar-refractivity contribution in [2.45, 2.75) is 31.8 Å². The lowest BCUT2D eigenvalue weighted by atomic mass is 9.85. The van der Waals surface area contributed by atoms with E-state index in [1.165, 1.54) is 25.7 Å². The van der Waals surface area contributed by atoms with Crippen LogP contribution >= 0.6 is 0 Å². The van der Waals surface area contributed by atoms with E-state index in [4.69, 9.17) is 10.5 Å². The molecule has 2 nitrogen and oxygen atoms in total. The van der Waals surface area contributed by atoms with Gasteiger partial charge in [-0.05, 0) is 43.4 Å². The molecule has 12 heavy (non-hydrogen) atoms. The maximum absolute atomic E-state index is 5.65. The van der Waals surface area contributed by atoms with Crippen LogP contribution in [0.25, 0.3) is 0 Å². The van der Waals surface area contributed by atoms with Crippen molar-refractivity contribution in [1.82, 2.24) is 0 Å². The molecule has 0 radical (unpaired) electrons. The van der Waals surface area contributed by atoms with Crippen molar-refractivity contribution in [2.24, 2.45) is 23.5 Å². The van der Waals surface area contributed by atoms with Crippen molar-refractivity contribution in [3.8, 4) is 0 Å². The first-order valence-corrected chi connectivity index (χ1v) is 5.08. The Morgan fingerprint density at radius 3 is 2.75 bits per heavy atom. The zero-order valence-electron chi connectivity index (χ0n) is 7.83. The van der Waals surface area contributed by atoms with Gasteiger partial charge in [0.2, 0.25) is 0 Å². The minimum atomic E-state index is 0.326. The van der Waals surface area contributed by atoms with E-state index in [9.17, 15) is 0 Å². The van der Waals surface area contributed by atoms with Crippen LogP contribution in [0.4, 0.5) is 0 Å². The average molecular weight is 169 g/mol. The van der Waals surface area contributed by atoms with E-state index >= 15 is 0 Å².